The summed E-state index contributed by atoms with van der Waals surface area (Å²) in [5.74, 6) is 0.938. The number of aromatic amines is 1. The lowest BCUT2D eigenvalue weighted by molar-refractivity contribution is 0.244. The van der Waals surface area contributed by atoms with Gasteiger partial charge in [0.15, 0.2) is 0 Å². The third kappa shape index (κ3) is 2.66. The maximum atomic E-state index is 5.29. The molecule has 0 saturated carbocycles. The Morgan fingerprint density at radius 3 is 3.05 bits per heavy atom. The minimum Gasteiger partial charge on any atom is -0.497 e. The molecule has 1 aromatic heterocycles. The fourth-order valence-electron chi connectivity index (χ4n) is 2.92. The number of hydrogen-bond donors (Lipinski definition) is 1. The third-order valence-corrected chi connectivity index (χ3v) is 3.86. The van der Waals surface area contributed by atoms with Gasteiger partial charge in [-0.3, -0.25) is 4.90 Å². The summed E-state index contributed by atoms with van der Waals surface area (Å²) in [6.07, 6.45) is 4.52. The SMILES string of the molecule is COc1cccc(CN2CCCC2c2ccc[nH]2)c1. The van der Waals surface area contributed by atoms with E-state index in [2.05, 4.69) is 40.2 Å². The highest BCUT2D eigenvalue weighted by Crippen LogP contribution is 2.32. The molecular formula is C16H20N2O. The Morgan fingerprint density at radius 2 is 2.26 bits per heavy atom. The number of likely N-dealkylation sites (tertiary alicyclic amines) is 1. The lowest BCUT2D eigenvalue weighted by Gasteiger charge is -2.24. The first kappa shape index (κ1) is 12.3. The molecule has 0 amide bonds. The minimum absolute atomic E-state index is 0.529. The van der Waals surface area contributed by atoms with E-state index >= 15 is 0 Å². The Morgan fingerprint density at radius 1 is 1.32 bits per heavy atom. The van der Waals surface area contributed by atoms with Crippen LogP contribution < -0.4 is 4.74 Å². The predicted molar refractivity (Wildman–Crippen MR) is 76.2 cm³/mol. The molecule has 1 atom stereocenters. The number of aromatic nitrogens is 1. The summed E-state index contributed by atoms with van der Waals surface area (Å²) in [5.41, 5.74) is 2.65. The molecule has 3 rings (SSSR count). The van der Waals surface area contributed by atoms with Crippen LogP contribution in [0.3, 0.4) is 0 Å². The van der Waals surface area contributed by atoms with Crippen molar-refractivity contribution >= 4 is 0 Å². The highest BCUT2D eigenvalue weighted by atomic mass is 16.5. The summed E-state index contributed by atoms with van der Waals surface area (Å²) in [7, 11) is 1.72. The monoisotopic (exact) mass is 256 g/mol. The van der Waals surface area contributed by atoms with Crippen LogP contribution in [0.2, 0.25) is 0 Å². The molecule has 1 N–H and O–H groups in total. The molecule has 2 aromatic rings. The van der Waals surface area contributed by atoms with Gasteiger partial charge in [-0.25, -0.2) is 0 Å². The first-order valence-corrected chi connectivity index (χ1v) is 6.87. The van der Waals surface area contributed by atoms with Gasteiger partial charge < -0.3 is 9.72 Å². The number of ether oxygens (including phenoxy) is 1. The Bertz CT molecular complexity index is 521. The van der Waals surface area contributed by atoms with E-state index in [4.69, 9.17) is 4.74 Å². The Labute approximate surface area is 114 Å². The molecule has 100 valence electrons. The van der Waals surface area contributed by atoms with E-state index in [1.807, 2.05) is 12.3 Å². The zero-order chi connectivity index (χ0) is 13.1. The van der Waals surface area contributed by atoms with E-state index in [1.54, 1.807) is 7.11 Å². The fraction of sp³-hybridized carbons (Fsp3) is 0.375. The van der Waals surface area contributed by atoms with Crippen molar-refractivity contribution in [3.63, 3.8) is 0 Å². The van der Waals surface area contributed by atoms with Crippen LogP contribution >= 0.6 is 0 Å². The fourth-order valence-corrected chi connectivity index (χ4v) is 2.92. The molecular weight excluding hydrogens is 236 g/mol. The van der Waals surface area contributed by atoms with Crippen molar-refractivity contribution in [1.82, 2.24) is 9.88 Å². The van der Waals surface area contributed by atoms with Crippen LogP contribution in [-0.4, -0.2) is 23.5 Å². The second-order valence-electron chi connectivity index (χ2n) is 5.11. The van der Waals surface area contributed by atoms with Gasteiger partial charge in [0, 0.05) is 18.4 Å². The quantitative estimate of drug-likeness (QED) is 0.908. The Kier molecular flexibility index (Phi) is 3.56. The topological polar surface area (TPSA) is 28.3 Å². The molecule has 19 heavy (non-hydrogen) atoms. The molecule has 1 aromatic carbocycles. The molecule has 3 nitrogen and oxygen atoms in total. The summed E-state index contributed by atoms with van der Waals surface area (Å²) < 4.78 is 5.29. The molecule has 0 radical (unpaired) electrons. The third-order valence-electron chi connectivity index (χ3n) is 3.86. The van der Waals surface area contributed by atoms with Crippen LogP contribution in [0.25, 0.3) is 0 Å². The number of nitrogens with one attached hydrogen (secondary N) is 1. The summed E-state index contributed by atoms with van der Waals surface area (Å²) >= 11 is 0. The second kappa shape index (κ2) is 5.49. The number of benzene rings is 1. The highest BCUT2D eigenvalue weighted by molar-refractivity contribution is 5.28. The van der Waals surface area contributed by atoms with Gasteiger partial charge >= 0.3 is 0 Å². The average molecular weight is 256 g/mol. The summed E-state index contributed by atoms with van der Waals surface area (Å²) in [6.45, 7) is 2.15. The molecule has 0 aliphatic carbocycles. The maximum absolute atomic E-state index is 5.29. The van der Waals surface area contributed by atoms with Crippen molar-refractivity contribution in [2.45, 2.75) is 25.4 Å². The van der Waals surface area contributed by atoms with E-state index in [0.29, 0.717) is 6.04 Å². The van der Waals surface area contributed by atoms with Gasteiger partial charge in [-0.05, 0) is 49.2 Å². The van der Waals surface area contributed by atoms with Crippen LogP contribution in [0.1, 0.15) is 30.1 Å². The molecule has 2 heterocycles. The number of hydrogen-bond acceptors (Lipinski definition) is 2. The van der Waals surface area contributed by atoms with E-state index in [9.17, 15) is 0 Å². The predicted octanol–water partition coefficient (Wildman–Crippen LogP) is 3.36. The maximum Gasteiger partial charge on any atom is 0.119 e. The van der Waals surface area contributed by atoms with Crippen LogP contribution in [0, 0.1) is 0 Å². The van der Waals surface area contributed by atoms with Gasteiger partial charge in [0.1, 0.15) is 5.75 Å². The zero-order valence-electron chi connectivity index (χ0n) is 11.3. The van der Waals surface area contributed by atoms with Gasteiger partial charge in [-0.2, -0.15) is 0 Å². The van der Waals surface area contributed by atoms with Crippen LogP contribution in [0.15, 0.2) is 42.6 Å². The summed E-state index contributed by atoms with van der Waals surface area (Å²) in [5, 5.41) is 0. The van der Waals surface area contributed by atoms with Crippen molar-refractivity contribution in [1.29, 1.82) is 0 Å². The van der Waals surface area contributed by atoms with Crippen LogP contribution in [0.4, 0.5) is 0 Å². The molecule has 1 aliphatic rings. The number of nitrogens with zero attached hydrogens (tertiary/aromatic N) is 1. The van der Waals surface area contributed by atoms with Crippen molar-refractivity contribution in [2.75, 3.05) is 13.7 Å². The van der Waals surface area contributed by atoms with E-state index in [0.717, 1.165) is 12.3 Å². The van der Waals surface area contributed by atoms with Gasteiger partial charge in [0.2, 0.25) is 0 Å². The summed E-state index contributed by atoms with van der Waals surface area (Å²) in [4.78, 5) is 5.89. The van der Waals surface area contributed by atoms with Crippen molar-refractivity contribution in [3.8, 4) is 5.75 Å². The molecule has 1 aliphatic heterocycles. The van der Waals surface area contributed by atoms with Gasteiger partial charge in [-0.15, -0.1) is 0 Å². The van der Waals surface area contributed by atoms with Crippen LogP contribution in [0.5, 0.6) is 5.75 Å². The minimum atomic E-state index is 0.529. The molecule has 0 bridgehead atoms. The normalized spacial score (nSPS) is 19.7. The van der Waals surface area contributed by atoms with Gasteiger partial charge in [0.25, 0.3) is 0 Å². The van der Waals surface area contributed by atoms with Gasteiger partial charge in [0.05, 0.1) is 13.2 Å². The van der Waals surface area contributed by atoms with Gasteiger partial charge in [-0.1, -0.05) is 12.1 Å². The van der Waals surface area contributed by atoms with Crippen molar-refractivity contribution in [3.05, 3.63) is 53.9 Å². The summed E-state index contributed by atoms with van der Waals surface area (Å²) in [6, 6.07) is 13.2. The molecule has 1 unspecified atom stereocenters. The number of rotatable bonds is 4. The molecule has 3 heteroatoms. The molecule has 1 saturated heterocycles. The van der Waals surface area contributed by atoms with E-state index in [-0.39, 0.29) is 0 Å². The molecule has 0 spiro atoms. The van der Waals surface area contributed by atoms with E-state index in [1.165, 1.54) is 30.6 Å². The van der Waals surface area contributed by atoms with Crippen molar-refractivity contribution in [2.24, 2.45) is 0 Å². The average Bonchev–Trinajstić information content (AvgIpc) is 3.09. The Balaban J connectivity index is 1.74. The lowest BCUT2D eigenvalue weighted by atomic mass is 10.1. The highest BCUT2D eigenvalue weighted by Gasteiger charge is 2.26. The molecule has 1 fully saturated rings. The van der Waals surface area contributed by atoms with Crippen molar-refractivity contribution < 1.29 is 4.74 Å². The first-order valence-electron chi connectivity index (χ1n) is 6.87. The Hall–Kier alpha value is -1.74. The van der Waals surface area contributed by atoms with Crippen LogP contribution in [-0.2, 0) is 6.54 Å². The smallest absolute Gasteiger partial charge is 0.119 e. The lowest BCUT2D eigenvalue weighted by Crippen LogP contribution is -2.22. The largest absolute Gasteiger partial charge is 0.497 e. The second-order valence-corrected chi connectivity index (χ2v) is 5.11. The first-order chi connectivity index (χ1) is 9.36. The number of methoxy groups -OCH3 is 1. The number of H-pyrrole nitrogens is 1. The standard InChI is InChI=1S/C16H20N2O/c1-19-14-6-2-5-13(11-14)12-18-10-4-8-16(18)15-7-3-9-17-15/h2-3,5-7,9,11,16-17H,4,8,10,12H2,1H3. The van der Waals surface area contributed by atoms with E-state index < -0.39 is 0 Å². The zero-order valence-corrected chi connectivity index (χ0v) is 11.3.